The SMILES string of the molecule is Cc1ccccc1C(=O)NC(c1ccccc1)c1ccc2c3c(cccc13)CC2. The maximum Gasteiger partial charge on any atom is 0.252 e. The van der Waals surface area contributed by atoms with Crippen LogP contribution in [0.3, 0.4) is 0 Å². The summed E-state index contributed by atoms with van der Waals surface area (Å²) in [6.45, 7) is 1.98. The van der Waals surface area contributed by atoms with Gasteiger partial charge >= 0.3 is 0 Å². The van der Waals surface area contributed by atoms with Gasteiger partial charge in [-0.05, 0) is 64.4 Å². The van der Waals surface area contributed by atoms with Crippen LogP contribution in [0, 0.1) is 6.92 Å². The minimum absolute atomic E-state index is 0.0415. The van der Waals surface area contributed by atoms with Crippen LogP contribution in [-0.4, -0.2) is 5.91 Å². The minimum atomic E-state index is -0.201. The molecule has 0 radical (unpaired) electrons. The predicted molar refractivity (Wildman–Crippen MR) is 118 cm³/mol. The van der Waals surface area contributed by atoms with E-state index in [0.29, 0.717) is 0 Å². The lowest BCUT2D eigenvalue weighted by Gasteiger charge is -2.22. The molecule has 2 heteroatoms. The Kier molecular flexibility index (Phi) is 4.40. The molecule has 0 spiro atoms. The number of rotatable bonds is 4. The standard InChI is InChI=1S/C27H23NO/c1-18-8-5-6-12-22(18)27(29)28-26(21-9-3-2-4-10-21)24-17-16-20-15-14-19-11-7-13-23(24)25(19)20/h2-13,16-17,26H,14-15H2,1H3,(H,28,29). The molecule has 1 unspecified atom stereocenters. The van der Waals surface area contributed by atoms with Crippen LogP contribution in [0.15, 0.2) is 84.9 Å². The Morgan fingerprint density at radius 3 is 2.31 bits per heavy atom. The van der Waals surface area contributed by atoms with Crippen molar-refractivity contribution in [3.05, 3.63) is 118 Å². The van der Waals surface area contributed by atoms with Gasteiger partial charge in [0.2, 0.25) is 0 Å². The number of benzene rings is 4. The fourth-order valence-electron chi connectivity index (χ4n) is 4.54. The van der Waals surface area contributed by atoms with E-state index in [1.165, 1.54) is 21.9 Å². The molecule has 0 heterocycles. The summed E-state index contributed by atoms with van der Waals surface area (Å²) >= 11 is 0. The number of hydrogen-bond donors (Lipinski definition) is 1. The molecule has 29 heavy (non-hydrogen) atoms. The Morgan fingerprint density at radius 2 is 1.52 bits per heavy atom. The van der Waals surface area contributed by atoms with Gasteiger partial charge < -0.3 is 5.32 Å². The van der Waals surface area contributed by atoms with Crippen LogP contribution in [0.4, 0.5) is 0 Å². The van der Waals surface area contributed by atoms with Crippen molar-refractivity contribution in [3.8, 4) is 0 Å². The Balaban J connectivity index is 1.64. The van der Waals surface area contributed by atoms with Crippen LogP contribution < -0.4 is 5.32 Å². The van der Waals surface area contributed by atoms with Gasteiger partial charge in [-0.2, -0.15) is 0 Å². The molecular weight excluding hydrogens is 354 g/mol. The molecule has 0 saturated carbocycles. The fourth-order valence-corrected chi connectivity index (χ4v) is 4.54. The highest BCUT2D eigenvalue weighted by atomic mass is 16.1. The molecule has 0 aliphatic heterocycles. The Labute approximate surface area is 171 Å². The van der Waals surface area contributed by atoms with Crippen LogP contribution in [0.1, 0.15) is 44.2 Å². The third kappa shape index (κ3) is 3.11. The zero-order valence-corrected chi connectivity index (χ0v) is 16.5. The molecule has 1 aliphatic carbocycles. The second-order valence-electron chi connectivity index (χ2n) is 7.79. The molecule has 1 N–H and O–H groups in total. The maximum absolute atomic E-state index is 13.2. The number of carbonyl (C=O) groups excluding carboxylic acids is 1. The van der Waals surface area contributed by atoms with Crippen molar-refractivity contribution in [2.45, 2.75) is 25.8 Å². The van der Waals surface area contributed by atoms with Gasteiger partial charge in [-0.25, -0.2) is 0 Å². The molecule has 0 aromatic heterocycles. The van der Waals surface area contributed by atoms with E-state index >= 15 is 0 Å². The van der Waals surface area contributed by atoms with E-state index in [0.717, 1.165) is 35.1 Å². The molecule has 1 atom stereocenters. The lowest BCUT2D eigenvalue weighted by Crippen LogP contribution is -2.30. The van der Waals surface area contributed by atoms with Crippen molar-refractivity contribution < 1.29 is 4.79 Å². The van der Waals surface area contributed by atoms with Crippen molar-refractivity contribution in [1.29, 1.82) is 0 Å². The smallest absolute Gasteiger partial charge is 0.252 e. The van der Waals surface area contributed by atoms with Crippen LogP contribution in [0.25, 0.3) is 10.8 Å². The van der Waals surface area contributed by atoms with Crippen molar-refractivity contribution in [1.82, 2.24) is 5.32 Å². The lowest BCUT2D eigenvalue weighted by molar-refractivity contribution is 0.0942. The fraction of sp³-hybridized carbons (Fsp3) is 0.148. The lowest BCUT2D eigenvalue weighted by atomic mass is 9.91. The second-order valence-corrected chi connectivity index (χ2v) is 7.79. The Morgan fingerprint density at radius 1 is 0.793 bits per heavy atom. The number of carbonyl (C=O) groups is 1. The second kappa shape index (κ2) is 7.21. The highest BCUT2D eigenvalue weighted by Crippen LogP contribution is 2.36. The quantitative estimate of drug-likeness (QED) is 0.481. The molecule has 0 fully saturated rings. The van der Waals surface area contributed by atoms with E-state index in [2.05, 4.69) is 47.8 Å². The number of amides is 1. The molecule has 1 aliphatic rings. The van der Waals surface area contributed by atoms with E-state index < -0.39 is 0 Å². The van der Waals surface area contributed by atoms with Gasteiger partial charge in [0, 0.05) is 5.56 Å². The van der Waals surface area contributed by atoms with Crippen LogP contribution in [0.2, 0.25) is 0 Å². The van der Waals surface area contributed by atoms with Gasteiger partial charge in [-0.1, -0.05) is 78.9 Å². The van der Waals surface area contributed by atoms with Crippen molar-refractivity contribution in [3.63, 3.8) is 0 Å². The summed E-state index contributed by atoms with van der Waals surface area (Å²) in [7, 11) is 0. The first-order valence-corrected chi connectivity index (χ1v) is 10.2. The first kappa shape index (κ1) is 17.7. The first-order chi connectivity index (χ1) is 14.2. The van der Waals surface area contributed by atoms with Gasteiger partial charge in [0.25, 0.3) is 5.91 Å². The third-order valence-electron chi connectivity index (χ3n) is 6.02. The van der Waals surface area contributed by atoms with Crippen molar-refractivity contribution in [2.24, 2.45) is 0 Å². The van der Waals surface area contributed by atoms with E-state index in [-0.39, 0.29) is 11.9 Å². The summed E-state index contributed by atoms with van der Waals surface area (Å²) in [6, 6.07) is 28.8. The highest BCUT2D eigenvalue weighted by Gasteiger charge is 2.23. The van der Waals surface area contributed by atoms with Crippen LogP contribution in [-0.2, 0) is 12.8 Å². The van der Waals surface area contributed by atoms with Crippen LogP contribution in [0.5, 0.6) is 0 Å². The summed E-state index contributed by atoms with van der Waals surface area (Å²) < 4.78 is 0. The molecule has 0 bridgehead atoms. The number of nitrogens with one attached hydrogen (secondary N) is 1. The largest absolute Gasteiger partial charge is 0.341 e. The molecule has 4 aromatic carbocycles. The van der Waals surface area contributed by atoms with Gasteiger partial charge in [-0.15, -0.1) is 0 Å². The van der Waals surface area contributed by atoms with Gasteiger partial charge in [-0.3, -0.25) is 4.79 Å². The van der Waals surface area contributed by atoms with Crippen molar-refractivity contribution in [2.75, 3.05) is 0 Å². The van der Waals surface area contributed by atoms with Crippen LogP contribution >= 0.6 is 0 Å². The van der Waals surface area contributed by atoms with E-state index in [1.807, 2.05) is 49.4 Å². The average Bonchev–Trinajstić information content (AvgIpc) is 3.18. The number of aryl methyl sites for hydroxylation is 3. The zero-order chi connectivity index (χ0) is 19.8. The van der Waals surface area contributed by atoms with Gasteiger partial charge in [0.05, 0.1) is 6.04 Å². The Bertz CT molecular complexity index is 1200. The van der Waals surface area contributed by atoms with Gasteiger partial charge in [0.1, 0.15) is 0 Å². The highest BCUT2D eigenvalue weighted by molar-refractivity contribution is 5.97. The molecular formula is C27H23NO. The Hall–Kier alpha value is -3.39. The predicted octanol–water partition coefficient (Wildman–Crippen LogP) is 5.77. The van der Waals surface area contributed by atoms with E-state index in [1.54, 1.807) is 0 Å². The maximum atomic E-state index is 13.2. The molecule has 1 amide bonds. The van der Waals surface area contributed by atoms with E-state index in [9.17, 15) is 4.79 Å². The summed E-state index contributed by atoms with van der Waals surface area (Å²) in [4.78, 5) is 13.2. The summed E-state index contributed by atoms with van der Waals surface area (Å²) in [5.74, 6) is -0.0415. The molecule has 0 saturated heterocycles. The summed E-state index contributed by atoms with van der Waals surface area (Å²) in [6.07, 6.45) is 2.20. The minimum Gasteiger partial charge on any atom is -0.341 e. The molecule has 142 valence electrons. The molecule has 5 rings (SSSR count). The zero-order valence-electron chi connectivity index (χ0n) is 16.5. The normalized spacial score (nSPS) is 13.4. The van der Waals surface area contributed by atoms with Gasteiger partial charge in [0.15, 0.2) is 0 Å². The van der Waals surface area contributed by atoms with E-state index in [4.69, 9.17) is 0 Å². The number of hydrogen-bond acceptors (Lipinski definition) is 1. The molecule has 4 aromatic rings. The van der Waals surface area contributed by atoms with Crippen molar-refractivity contribution >= 4 is 16.7 Å². The monoisotopic (exact) mass is 377 g/mol. The first-order valence-electron chi connectivity index (χ1n) is 10.2. The summed E-state index contributed by atoms with van der Waals surface area (Å²) in [5.41, 5.74) is 6.78. The third-order valence-corrected chi connectivity index (χ3v) is 6.02. The average molecular weight is 377 g/mol. The molecule has 2 nitrogen and oxygen atoms in total. The summed E-state index contributed by atoms with van der Waals surface area (Å²) in [5, 5.41) is 5.94. The topological polar surface area (TPSA) is 29.1 Å².